The first-order valence-electron chi connectivity index (χ1n) is 8.31. The van der Waals surface area contributed by atoms with Gasteiger partial charge in [-0.05, 0) is 51.0 Å². The fourth-order valence-electron chi connectivity index (χ4n) is 3.35. The number of hydrogen-bond donors (Lipinski definition) is 1. The Morgan fingerprint density at radius 2 is 1.83 bits per heavy atom. The maximum absolute atomic E-state index is 12.3. The van der Waals surface area contributed by atoms with E-state index in [-0.39, 0.29) is 11.0 Å². The number of aryl methyl sites for hydroxylation is 1. The Kier molecular flexibility index (Phi) is 4.76. The molecule has 0 aliphatic carbocycles. The number of benzene rings is 1. The molecule has 0 bridgehead atoms. The van der Waals surface area contributed by atoms with Crippen LogP contribution in [0.5, 0.6) is 0 Å². The molecule has 1 saturated heterocycles. The van der Waals surface area contributed by atoms with Crippen LogP contribution in [0.15, 0.2) is 35.3 Å². The Balaban J connectivity index is 1.83. The second kappa shape index (κ2) is 6.96. The van der Waals surface area contributed by atoms with Crippen LogP contribution in [0.3, 0.4) is 0 Å². The number of pyridine rings is 1. The Labute approximate surface area is 135 Å². The van der Waals surface area contributed by atoms with E-state index in [1.165, 1.54) is 32.4 Å². The van der Waals surface area contributed by atoms with Crippen LogP contribution in [0.2, 0.25) is 0 Å². The molecule has 1 aliphatic rings. The highest BCUT2D eigenvalue weighted by atomic mass is 16.2. The molecule has 2 aromatic rings. The van der Waals surface area contributed by atoms with Gasteiger partial charge in [0.2, 0.25) is 5.43 Å². The van der Waals surface area contributed by atoms with Gasteiger partial charge >= 0.3 is 0 Å². The summed E-state index contributed by atoms with van der Waals surface area (Å²) in [7, 11) is 0. The van der Waals surface area contributed by atoms with E-state index >= 15 is 0 Å². The molecule has 0 radical (unpaired) electrons. The van der Waals surface area contributed by atoms with Crippen LogP contribution < -0.4 is 11.2 Å². The topological polar surface area (TPSA) is 68.3 Å². The number of primary amides is 1. The quantitative estimate of drug-likeness (QED) is 0.917. The molecule has 1 aromatic carbocycles. The number of nitrogens with zero attached hydrogens (tertiary/aromatic N) is 2. The average molecular weight is 313 g/mol. The van der Waals surface area contributed by atoms with E-state index in [4.69, 9.17) is 5.73 Å². The minimum absolute atomic E-state index is 0.0710. The van der Waals surface area contributed by atoms with Crippen molar-refractivity contribution in [3.8, 4) is 0 Å². The first kappa shape index (κ1) is 15.7. The molecule has 0 spiro atoms. The number of hydrogen-bond acceptors (Lipinski definition) is 3. The summed E-state index contributed by atoms with van der Waals surface area (Å²) < 4.78 is 1.99. The summed E-state index contributed by atoms with van der Waals surface area (Å²) in [5.74, 6) is -0.662. The molecule has 2 N–H and O–H groups in total. The van der Waals surface area contributed by atoms with Crippen molar-refractivity contribution in [1.29, 1.82) is 0 Å². The summed E-state index contributed by atoms with van der Waals surface area (Å²) in [6.07, 6.45) is 6.51. The maximum Gasteiger partial charge on any atom is 0.254 e. The first-order valence-corrected chi connectivity index (χ1v) is 8.31. The zero-order valence-electron chi connectivity index (χ0n) is 13.3. The standard InChI is InChI=1S/C18H23N3O2/c19-18(23)15-13-21(12-6-11-20-9-4-1-5-10-20)16-8-3-2-7-14(16)17(15)22/h2-3,7-8,13H,1,4-6,9-12H2,(H2,19,23). The zero-order chi connectivity index (χ0) is 16.2. The maximum atomic E-state index is 12.3. The number of amides is 1. The summed E-state index contributed by atoms with van der Waals surface area (Å²) in [4.78, 5) is 26.3. The van der Waals surface area contributed by atoms with Gasteiger partial charge < -0.3 is 15.2 Å². The Bertz CT molecular complexity index is 760. The van der Waals surface area contributed by atoms with Gasteiger partial charge in [-0.3, -0.25) is 9.59 Å². The highest BCUT2D eigenvalue weighted by Gasteiger charge is 2.13. The van der Waals surface area contributed by atoms with E-state index < -0.39 is 5.91 Å². The Morgan fingerprint density at radius 3 is 2.57 bits per heavy atom. The van der Waals surface area contributed by atoms with Crippen LogP contribution in [0.1, 0.15) is 36.0 Å². The lowest BCUT2D eigenvalue weighted by atomic mass is 10.1. The van der Waals surface area contributed by atoms with Crippen LogP contribution in [0, 0.1) is 0 Å². The Morgan fingerprint density at radius 1 is 1.09 bits per heavy atom. The van der Waals surface area contributed by atoms with Gasteiger partial charge in [0.05, 0.1) is 5.52 Å². The Hall–Kier alpha value is -2.14. The first-order chi connectivity index (χ1) is 11.2. The van der Waals surface area contributed by atoms with Gasteiger partial charge in [0, 0.05) is 18.1 Å². The van der Waals surface area contributed by atoms with Gasteiger partial charge in [0.1, 0.15) is 5.56 Å². The van der Waals surface area contributed by atoms with Crippen LogP contribution in [-0.2, 0) is 6.54 Å². The van der Waals surface area contributed by atoms with Crippen LogP contribution in [0.4, 0.5) is 0 Å². The molecule has 2 heterocycles. The highest BCUT2D eigenvalue weighted by Crippen LogP contribution is 2.13. The largest absolute Gasteiger partial charge is 0.365 e. The number of nitrogens with two attached hydrogens (primary N) is 1. The van der Waals surface area contributed by atoms with E-state index in [0.717, 1.165) is 25.0 Å². The third-order valence-corrected chi connectivity index (χ3v) is 4.58. The monoisotopic (exact) mass is 313 g/mol. The summed E-state index contributed by atoms with van der Waals surface area (Å²) >= 11 is 0. The van der Waals surface area contributed by atoms with Crippen molar-refractivity contribution in [3.05, 3.63) is 46.2 Å². The minimum atomic E-state index is -0.662. The van der Waals surface area contributed by atoms with Gasteiger partial charge in [0.25, 0.3) is 5.91 Å². The molecule has 1 aliphatic heterocycles. The van der Waals surface area contributed by atoms with Crippen molar-refractivity contribution >= 4 is 16.8 Å². The number of rotatable bonds is 5. The number of carbonyl (C=O) groups excluding carboxylic acids is 1. The molecule has 23 heavy (non-hydrogen) atoms. The zero-order valence-corrected chi connectivity index (χ0v) is 13.3. The second-order valence-electron chi connectivity index (χ2n) is 6.20. The lowest BCUT2D eigenvalue weighted by Gasteiger charge is -2.26. The summed E-state index contributed by atoms with van der Waals surface area (Å²) in [5.41, 5.74) is 6.02. The van der Waals surface area contributed by atoms with Gasteiger partial charge in [-0.1, -0.05) is 18.6 Å². The van der Waals surface area contributed by atoms with Crippen molar-refractivity contribution < 1.29 is 4.79 Å². The number of piperidine rings is 1. The molecule has 5 heteroatoms. The van der Waals surface area contributed by atoms with E-state index in [0.29, 0.717) is 5.39 Å². The molecular weight excluding hydrogens is 290 g/mol. The molecule has 1 amide bonds. The van der Waals surface area contributed by atoms with Crippen LogP contribution >= 0.6 is 0 Å². The summed E-state index contributed by atoms with van der Waals surface area (Å²) in [6, 6.07) is 7.40. The lowest BCUT2D eigenvalue weighted by molar-refractivity contribution is 0.0998. The van der Waals surface area contributed by atoms with Gasteiger partial charge in [-0.25, -0.2) is 0 Å². The molecule has 1 aromatic heterocycles. The number of carbonyl (C=O) groups is 1. The second-order valence-corrected chi connectivity index (χ2v) is 6.20. The van der Waals surface area contributed by atoms with Crippen LogP contribution in [-0.4, -0.2) is 35.0 Å². The fourth-order valence-corrected chi connectivity index (χ4v) is 3.35. The van der Waals surface area contributed by atoms with E-state index in [1.807, 2.05) is 22.8 Å². The molecule has 0 atom stereocenters. The predicted octanol–water partition coefficient (Wildman–Crippen LogP) is 1.98. The number of para-hydroxylation sites is 1. The van der Waals surface area contributed by atoms with Crippen molar-refractivity contribution in [2.24, 2.45) is 5.73 Å². The number of likely N-dealkylation sites (tertiary alicyclic amines) is 1. The molecule has 0 unspecified atom stereocenters. The smallest absolute Gasteiger partial charge is 0.254 e. The highest BCUT2D eigenvalue weighted by molar-refractivity contribution is 5.96. The minimum Gasteiger partial charge on any atom is -0.365 e. The molecule has 1 fully saturated rings. The van der Waals surface area contributed by atoms with Gasteiger partial charge in [-0.2, -0.15) is 0 Å². The number of aromatic nitrogens is 1. The molecular formula is C18H23N3O2. The lowest BCUT2D eigenvalue weighted by Crippen LogP contribution is -2.31. The molecule has 0 saturated carbocycles. The van der Waals surface area contributed by atoms with Gasteiger partial charge in [0.15, 0.2) is 0 Å². The van der Waals surface area contributed by atoms with Crippen molar-refractivity contribution in [3.63, 3.8) is 0 Å². The predicted molar refractivity (Wildman–Crippen MR) is 91.6 cm³/mol. The van der Waals surface area contributed by atoms with E-state index in [1.54, 1.807) is 12.3 Å². The van der Waals surface area contributed by atoms with Crippen molar-refractivity contribution in [1.82, 2.24) is 9.47 Å². The van der Waals surface area contributed by atoms with Gasteiger partial charge in [-0.15, -0.1) is 0 Å². The molecule has 5 nitrogen and oxygen atoms in total. The molecule has 3 rings (SSSR count). The van der Waals surface area contributed by atoms with Crippen molar-refractivity contribution in [2.75, 3.05) is 19.6 Å². The van der Waals surface area contributed by atoms with Crippen LogP contribution in [0.25, 0.3) is 10.9 Å². The SMILES string of the molecule is NC(=O)c1cn(CCCN2CCCCC2)c2ccccc2c1=O. The normalized spacial score (nSPS) is 15.8. The fraction of sp³-hybridized carbons (Fsp3) is 0.444. The third-order valence-electron chi connectivity index (χ3n) is 4.58. The molecule has 122 valence electrons. The van der Waals surface area contributed by atoms with E-state index in [9.17, 15) is 9.59 Å². The summed E-state index contributed by atoms with van der Waals surface area (Å²) in [6.45, 7) is 4.18. The average Bonchev–Trinajstić information content (AvgIpc) is 2.58. The summed E-state index contributed by atoms with van der Waals surface area (Å²) in [5, 5.41) is 0.557. The van der Waals surface area contributed by atoms with Crippen molar-refractivity contribution in [2.45, 2.75) is 32.2 Å². The van der Waals surface area contributed by atoms with E-state index in [2.05, 4.69) is 4.90 Å². The number of fused-ring (bicyclic) bond motifs is 1. The third kappa shape index (κ3) is 3.45.